The van der Waals surface area contributed by atoms with Gasteiger partial charge in [-0.2, -0.15) is 0 Å². The molecule has 0 spiro atoms. The van der Waals surface area contributed by atoms with E-state index in [0.29, 0.717) is 5.69 Å². The third-order valence-electron chi connectivity index (χ3n) is 1.38. The number of hydrogen-bond donors (Lipinski definition) is 2. The lowest BCUT2D eigenvalue weighted by Gasteiger charge is -2.09. The first kappa shape index (κ1) is 10.4. The summed E-state index contributed by atoms with van der Waals surface area (Å²) in [5.41, 5.74) is 0.336. The van der Waals surface area contributed by atoms with Gasteiger partial charge in [-0.15, -0.1) is 0 Å². The van der Waals surface area contributed by atoms with Crippen LogP contribution in [0.5, 0.6) is 0 Å². The van der Waals surface area contributed by atoms with E-state index in [2.05, 4.69) is 15.6 Å². The zero-order chi connectivity index (χ0) is 10.6. The molecule has 2 amide bonds. The molecule has 0 saturated carbocycles. The van der Waals surface area contributed by atoms with Crippen molar-refractivity contribution in [2.75, 3.05) is 5.32 Å². The van der Waals surface area contributed by atoms with Gasteiger partial charge in [0.1, 0.15) is 5.82 Å². The van der Waals surface area contributed by atoms with E-state index in [1.54, 1.807) is 0 Å². The summed E-state index contributed by atoms with van der Waals surface area (Å²) in [5.74, 6) is -0.479. The molecule has 1 aromatic heterocycles. The number of carbonyl (C=O) groups excluding carboxylic acids is 1. The Balaban J connectivity index is 2.56. The number of halogens is 1. The SMILES string of the molecule is CC(C)NC(=O)Nc1cncc(F)c1. The average Bonchev–Trinajstić information content (AvgIpc) is 2.01. The highest BCUT2D eigenvalue weighted by atomic mass is 19.1. The Morgan fingerprint density at radius 3 is 2.79 bits per heavy atom. The normalized spacial score (nSPS) is 10.0. The van der Waals surface area contributed by atoms with Crippen molar-refractivity contribution in [1.82, 2.24) is 10.3 Å². The van der Waals surface area contributed by atoms with E-state index in [4.69, 9.17) is 0 Å². The summed E-state index contributed by atoms with van der Waals surface area (Å²) >= 11 is 0. The third kappa shape index (κ3) is 3.38. The molecule has 1 rings (SSSR count). The Kier molecular flexibility index (Phi) is 3.39. The maximum Gasteiger partial charge on any atom is 0.319 e. The minimum atomic E-state index is -0.479. The van der Waals surface area contributed by atoms with Crippen LogP contribution in [0.4, 0.5) is 14.9 Å². The Hall–Kier alpha value is -1.65. The van der Waals surface area contributed by atoms with Crippen molar-refractivity contribution in [2.45, 2.75) is 19.9 Å². The summed E-state index contributed by atoms with van der Waals surface area (Å²) in [4.78, 5) is 14.8. The molecule has 4 nitrogen and oxygen atoms in total. The number of pyridine rings is 1. The summed E-state index contributed by atoms with van der Waals surface area (Å²) in [7, 11) is 0. The molecular weight excluding hydrogens is 185 g/mol. The molecule has 0 unspecified atom stereocenters. The first-order valence-electron chi connectivity index (χ1n) is 4.26. The minimum Gasteiger partial charge on any atom is -0.336 e. The molecule has 0 atom stereocenters. The Morgan fingerprint density at radius 1 is 1.50 bits per heavy atom. The number of hydrogen-bond acceptors (Lipinski definition) is 2. The number of carbonyl (C=O) groups is 1. The number of amides is 2. The topological polar surface area (TPSA) is 54.0 Å². The first-order chi connectivity index (χ1) is 6.58. The van der Waals surface area contributed by atoms with Crippen LogP contribution < -0.4 is 10.6 Å². The Morgan fingerprint density at radius 2 is 2.21 bits per heavy atom. The standard InChI is InChI=1S/C9H12FN3O/c1-6(2)12-9(14)13-8-3-7(10)4-11-5-8/h3-6H,1-2H3,(H2,12,13,14). The van der Waals surface area contributed by atoms with Gasteiger partial charge in [0.2, 0.25) is 0 Å². The number of nitrogens with zero attached hydrogens (tertiary/aromatic N) is 1. The fraction of sp³-hybridized carbons (Fsp3) is 0.333. The van der Waals surface area contributed by atoms with Crippen LogP contribution in [0.25, 0.3) is 0 Å². The van der Waals surface area contributed by atoms with Gasteiger partial charge < -0.3 is 10.6 Å². The quantitative estimate of drug-likeness (QED) is 0.758. The molecule has 2 N–H and O–H groups in total. The van der Waals surface area contributed by atoms with Gasteiger partial charge in [-0.1, -0.05) is 0 Å². The van der Waals surface area contributed by atoms with Gasteiger partial charge in [0, 0.05) is 12.1 Å². The Labute approximate surface area is 81.5 Å². The largest absolute Gasteiger partial charge is 0.336 e. The monoisotopic (exact) mass is 197 g/mol. The van der Waals surface area contributed by atoms with Crippen LogP contribution in [0.3, 0.4) is 0 Å². The van der Waals surface area contributed by atoms with Gasteiger partial charge in [0.15, 0.2) is 0 Å². The van der Waals surface area contributed by atoms with Gasteiger partial charge in [-0.05, 0) is 13.8 Å². The van der Waals surface area contributed by atoms with Crippen molar-refractivity contribution < 1.29 is 9.18 Å². The minimum absolute atomic E-state index is 0.0384. The van der Waals surface area contributed by atoms with Crippen LogP contribution in [0.2, 0.25) is 0 Å². The van der Waals surface area contributed by atoms with E-state index in [0.717, 1.165) is 6.20 Å². The fourth-order valence-electron chi connectivity index (χ4n) is 0.910. The highest BCUT2D eigenvalue weighted by molar-refractivity contribution is 5.89. The molecule has 5 heteroatoms. The molecule has 14 heavy (non-hydrogen) atoms. The van der Waals surface area contributed by atoms with E-state index >= 15 is 0 Å². The number of nitrogens with one attached hydrogen (secondary N) is 2. The zero-order valence-corrected chi connectivity index (χ0v) is 8.04. The predicted octanol–water partition coefficient (Wildman–Crippen LogP) is 1.75. The summed E-state index contributed by atoms with van der Waals surface area (Å²) < 4.78 is 12.6. The van der Waals surface area contributed by atoms with Crippen LogP contribution in [0.1, 0.15) is 13.8 Å². The summed E-state index contributed by atoms with van der Waals surface area (Å²) in [6, 6.07) is 0.872. The lowest BCUT2D eigenvalue weighted by atomic mass is 10.4. The van der Waals surface area contributed by atoms with E-state index in [1.807, 2.05) is 13.8 Å². The molecule has 0 saturated heterocycles. The van der Waals surface area contributed by atoms with E-state index in [9.17, 15) is 9.18 Å². The molecule has 0 aliphatic carbocycles. The van der Waals surface area contributed by atoms with Crippen LogP contribution >= 0.6 is 0 Å². The maximum atomic E-state index is 12.6. The molecule has 0 aromatic carbocycles. The second-order valence-corrected chi connectivity index (χ2v) is 3.14. The van der Waals surface area contributed by atoms with Crippen molar-refractivity contribution in [1.29, 1.82) is 0 Å². The van der Waals surface area contributed by atoms with Crippen molar-refractivity contribution >= 4 is 11.7 Å². The van der Waals surface area contributed by atoms with Crippen LogP contribution in [-0.4, -0.2) is 17.1 Å². The molecule has 0 bridgehead atoms. The molecule has 1 aromatic rings. The van der Waals surface area contributed by atoms with Gasteiger partial charge in [0.05, 0.1) is 18.1 Å². The molecule has 0 aliphatic rings. The van der Waals surface area contributed by atoms with Crippen molar-refractivity contribution in [2.24, 2.45) is 0 Å². The van der Waals surface area contributed by atoms with Crippen LogP contribution in [-0.2, 0) is 0 Å². The van der Waals surface area contributed by atoms with Gasteiger partial charge in [-0.25, -0.2) is 9.18 Å². The molecule has 0 aliphatic heterocycles. The second-order valence-electron chi connectivity index (χ2n) is 3.14. The third-order valence-corrected chi connectivity index (χ3v) is 1.38. The predicted molar refractivity (Wildman–Crippen MR) is 51.5 cm³/mol. The number of urea groups is 1. The lowest BCUT2D eigenvalue weighted by molar-refractivity contribution is 0.250. The molecule has 0 fully saturated rings. The van der Waals surface area contributed by atoms with Gasteiger partial charge in [-0.3, -0.25) is 4.98 Å². The molecule has 0 radical (unpaired) electrons. The second kappa shape index (κ2) is 4.55. The number of rotatable bonds is 2. The number of anilines is 1. The van der Waals surface area contributed by atoms with Crippen molar-refractivity contribution in [3.63, 3.8) is 0 Å². The summed E-state index contributed by atoms with van der Waals surface area (Å²) in [5, 5.41) is 5.07. The summed E-state index contributed by atoms with van der Waals surface area (Å²) in [6.07, 6.45) is 2.45. The van der Waals surface area contributed by atoms with Crippen LogP contribution in [0.15, 0.2) is 18.5 Å². The van der Waals surface area contributed by atoms with Gasteiger partial charge in [0.25, 0.3) is 0 Å². The molecular formula is C9H12FN3O. The van der Waals surface area contributed by atoms with Crippen molar-refractivity contribution in [3.05, 3.63) is 24.3 Å². The zero-order valence-electron chi connectivity index (χ0n) is 8.04. The van der Waals surface area contributed by atoms with Crippen molar-refractivity contribution in [3.8, 4) is 0 Å². The summed E-state index contributed by atoms with van der Waals surface area (Å²) in [6.45, 7) is 3.67. The van der Waals surface area contributed by atoms with E-state index in [1.165, 1.54) is 12.3 Å². The fourth-order valence-corrected chi connectivity index (χ4v) is 0.910. The van der Waals surface area contributed by atoms with E-state index in [-0.39, 0.29) is 12.1 Å². The highest BCUT2D eigenvalue weighted by Crippen LogP contribution is 2.06. The average molecular weight is 197 g/mol. The maximum absolute atomic E-state index is 12.6. The molecule has 1 heterocycles. The van der Waals surface area contributed by atoms with E-state index < -0.39 is 5.82 Å². The smallest absolute Gasteiger partial charge is 0.319 e. The first-order valence-corrected chi connectivity index (χ1v) is 4.26. The lowest BCUT2D eigenvalue weighted by Crippen LogP contribution is -2.34. The van der Waals surface area contributed by atoms with Gasteiger partial charge >= 0.3 is 6.03 Å². The Bertz CT molecular complexity index is 328. The van der Waals surface area contributed by atoms with Crippen LogP contribution in [0, 0.1) is 5.82 Å². The highest BCUT2D eigenvalue weighted by Gasteiger charge is 2.03. The number of aromatic nitrogens is 1. The molecule has 76 valence electrons.